The summed E-state index contributed by atoms with van der Waals surface area (Å²) in [7, 11) is 2.57. The molecule has 2 unspecified atom stereocenters. The third kappa shape index (κ3) is 3.10. The van der Waals surface area contributed by atoms with Crippen LogP contribution in [-0.2, 0) is 23.9 Å². The maximum absolute atomic E-state index is 12.5. The molecule has 27 heavy (non-hydrogen) atoms. The Balaban J connectivity index is 2.01. The van der Waals surface area contributed by atoms with Gasteiger partial charge in [-0.05, 0) is 31.7 Å². The van der Waals surface area contributed by atoms with Crippen LogP contribution in [0.25, 0.3) is 0 Å². The van der Waals surface area contributed by atoms with E-state index in [1.807, 2.05) is 37.3 Å². The van der Waals surface area contributed by atoms with E-state index in [9.17, 15) is 14.4 Å². The van der Waals surface area contributed by atoms with E-state index in [1.165, 1.54) is 19.1 Å². The minimum absolute atomic E-state index is 0.0658. The monoisotopic (exact) mass is 374 g/mol. The Hall–Kier alpha value is -2.41. The predicted octanol–water partition coefficient (Wildman–Crippen LogP) is 1.64. The zero-order valence-corrected chi connectivity index (χ0v) is 15.9. The number of carbonyl (C=O) groups excluding carboxylic acids is 3. The van der Waals surface area contributed by atoms with Crippen molar-refractivity contribution >= 4 is 18.3 Å². The van der Waals surface area contributed by atoms with Crippen molar-refractivity contribution < 1.29 is 23.9 Å². The summed E-state index contributed by atoms with van der Waals surface area (Å²) < 4.78 is 9.89. The van der Waals surface area contributed by atoms with Crippen LogP contribution in [0.5, 0.6) is 0 Å². The highest BCUT2D eigenvalue weighted by Crippen LogP contribution is 2.52. The van der Waals surface area contributed by atoms with Crippen LogP contribution in [-0.4, -0.2) is 49.2 Å². The van der Waals surface area contributed by atoms with Crippen LogP contribution >= 0.6 is 0 Å². The van der Waals surface area contributed by atoms with Crippen LogP contribution in [0, 0.1) is 11.8 Å². The van der Waals surface area contributed by atoms with E-state index in [0.717, 1.165) is 18.4 Å². The van der Waals surface area contributed by atoms with Gasteiger partial charge < -0.3 is 14.4 Å². The summed E-state index contributed by atoms with van der Waals surface area (Å²) in [5.41, 5.74) is 0.286. The third-order valence-electron chi connectivity index (χ3n) is 6.02. The van der Waals surface area contributed by atoms with Crippen molar-refractivity contribution in [2.75, 3.05) is 14.2 Å². The number of rotatable bonds is 6. The molecule has 1 saturated carbocycles. The zero-order valence-electron chi connectivity index (χ0n) is 15.9. The molecule has 7 nitrogen and oxygen atoms in total. The number of nitrogens with one attached hydrogen (secondary N) is 1. The van der Waals surface area contributed by atoms with Gasteiger partial charge in [0.2, 0.25) is 6.41 Å². The summed E-state index contributed by atoms with van der Waals surface area (Å²) in [5.74, 6) is -2.04. The number of esters is 2. The molecule has 1 aliphatic carbocycles. The number of benzene rings is 1. The van der Waals surface area contributed by atoms with Crippen molar-refractivity contribution in [2.45, 2.75) is 43.9 Å². The van der Waals surface area contributed by atoms with E-state index in [4.69, 9.17) is 9.47 Å². The highest BCUT2D eigenvalue weighted by molar-refractivity contribution is 5.88. The average Bonchev–Trinajstić information content (AvgIpc) is 3.21. The topological polar surface area (TPSA) is 84.9 Å². The molecule has 1 aromatic rings. The molecule has 0 spiro atoms. The molecule has 5 atom stereocenters. The SMILES string of the molecule is COC(=O)[C@@H]1C2CCCC2(N[C@@H](C)c2ccccc2)N(C=O)[C@@H]1C(=O)OC. The Morgan fingerprint density at radius 3 is 2.48 bits per heavy atom. The summed E-state index contributed by atoms with van der Waals surface area (Å²) in [4.78, 5) is 38.6. The van der Waals surface area contributed by atoms with E-state index < -0.39 is 29.6 Å². The lowest BCUT2D eigenvalue weighted by Crippen LogP contribution is -2.59. The van der Waals surface area contributed by atoms with Crippen LogP contribution in [0.1, 0.15) is 37.8 Å². The summed E-state index contributed by atoms with van der Waals surface area (Å²) in [5, 5.41) is 3.57. The molecular formula is C20H26N2O5. The third-order valence-corrected chi connectivity index (χ3v) is 6.02. The molecule has 1 aliphatic heterocycles. The zero-order chi connectivity index (χ0) is 19.6. The molecule has 2 aliphatic rings. The van der Waals surface area contributed by atoms with Gasteiger partial charge in [-0.2, -0.15) is 0 Å². The average molecular weight is 374 g/mol. The Bertz CT molecular complexity index is 710. The molecule has 1 saturated heterocycles. The molecule has 0 aromatic heterocycles. The van der Waals surface area contributed by atoms with Crippen molar-refractivity contribution in [1.82, 2.24) is 10.2 Å². The summed E-state index contributed by atoms with van der Waals surface area (Å²) >= 11 is 0. The maximum atomic E-state index is 12.5. The van der Waals surface area contributed by atoms with Crippen molar-refractivity contribution in [2.24, 2.45) is 11.8 Å². The fourth-order valence-electron chi connectivity index (χ4n) is 4.88. The van der Waals surface area contributed by atoms with Crippen LogP contribution < -0.4 is 5.32 Å². The first kappa shape index (κ1) is 19.4. The first-order valence-corrected chi connectivity index (χ1v) is 9.22. The van der Waals surface area contributed by atoms with E-state index in [-0.39, 0.29) is 12.0 Å². The first-order valence-electron chi connectivity index (χ1n) is 9.22. The second kappa shape index (κ2) is 7.68. The number of carbonyl (C=O) groups is 3. The van der Waals surface area contributed by atoms with Gasteiger partial charge in [-0.25, -0.2) is 4.79 Å². The first-order chi connectivity index (χ1) is 13.0. The van der Waals surface area contributed by atoms with Crippen LogP contribution in [0.15, 0.2) is 30.3 Å². The highest BCUT2D eigenvalue weighted by atomic mass is 16.5. The summed E-state index contributed by atoms with van der Waals surface area (Å²) in [6.07, 6.45) is 2.90. The summed E-state index contributed by atoms with van der Waals surface area (Å²) in [6, 6.07) is 8.82. The largest absolute Gasteiger partial charge is 0.469 e. The Morgan fingerprint density at radius 1 is 1.22 bits per heavy atom. The standard InChI is InChI=1S/C20H26N2O5/c1-13(14-8-5-4-6-9-14)21-20-11-7-10-15(20)16(18(24)26-2)17(19(25)27-3)22(20)12-23/h4-6,8-9,12-13,15-17,21H,7,10-11H2,1-3H3/t13-,15?,16+,17-,20?/m0/s1. The van der Waals surface area contributed by atoms with Crippen LogP contribution in [0.2, 0.25) is 0 Å². The van der Waals surface area contributed by atoms with E-state index in [1.54, 1.807) is 0 Å². The number of ether oxygens (including phenoxy) is 2. The molecule has 2 fully saturated rings. The molecule has 146 valence electrons. The number of methoxy groups -OCH3 is 2. The number of likely N-dealkylation sites (tertiary alicyclic amines) is 1. The molecule has 1 N–H and O–H groups in total. The van der Waals surface area contributed by atoms with Crippen LogP contribution in [0.3, 0.4) is 0 Å². The molecule has 3 rings (SSSR count). The number of hydrogen-bond acceptors (Lipinski definition) is 6. The quantitative estimate of drug-likeness (QED) is 0.602. The lowest BCUT2D eigenvalue weighted by Gasteiger charge is -2.41. The molecule has 7 heteroatoms. The van der Waals surface area contributed by atoms with E-state index in [2.05, 4.69) is 5.32 Å². The van der Waals surface area contributed by atoms with Crippen molar-refractivity contribution in [1.29, 1.82) is 0 Å². The summed E-state index contributed by atoms with van der Waals surface area (Å²) in [6.45, 7) is 2.01. The molecule has 0 bridgehead atoms. The normalized spacial score (nSPS) is 30.5. The number of hydrogen-bond donors (Lipinski definition) is 1. The van der Waals surface area contributed by atoms with E-state index >= 15 is 0 Å². The molecule has 0 radical (unpaired) electrons. The second-order valence-electron chi connectivity index (χ2n) is 7.23. The van der Waals surface area contributed by atoms with Crippen molar-refractivity contribution in [3.63, 3.8) is 0 Å². The Kier molecular flexibility index (Phi) is 5.51. The predicted molar refractivity (Wildman–Crippen MR) is 97.3 cm³/mol. The maximum Gasteiger partial charge on any atom is 0.329 e. The molecule has 1 amide bonds. The van der Waals surface area contributed by atoms with Gasteiger partial charge in [-0.1, -0.05) is 30.3 Å². The lowest BCUT2D eigenvalue weighted by molar-refractivity contribution is -0.158. The fourth-order valence-corrected chi connectivity index (χ4v) is 4.88. The fraction of sp³-hybridized carbons (Fsp3) is 0.550. The highest BCUT2D eigenvalue weighted by Gasteiger charge is 2.65. The molecule has 1 heterocycles. The van der Waals surface area contributed by atoms with Gasteiger partial charge in [0.15, 0.2) is 0 Å². The lowest BCUT2D eigenvalue weighted by atomic mass is 9.85. The number of fused-ring (bicyclic) bond motifs is 1. The Labute approximate surface area is 159 Å². The minimum atomic E-state index is -0.985. The van der Waals surface area contributed by atoms with Crippen LogP contribution in [0.4, 0.5) is 0 Å². The van der Waals surface area contributed by atoms with Gasteiger partial charge in [0.25, 0.3) is 0 Å². The number of amides is 1. The number of nitrogens with zero attached hydrogens (tertiary/aromatic N) is 1. The Morgan fingerprint density at radius 2 is 1.89 bits per heavy atom. The van der Waals surface area contributed by atoms with E-state index in [0.29, 0.717) is 12.8 Å². The molecular weight excluding hydrogens is 348 g/mol. The minimum Gasteiger partial charge on any atom is -0.469 e. The molecule has 1 aromatic carbocycles. The van der Waals surface area contributed by atoms with Gasteiger partial charge in [0.05, 0.1) is 25.8 Å². The smallest absolute Gasteiger partial charge is 0.329 e. The van der Waals surface area contributed by atoms with Gasteiger partial charge in [0.1, 0.15) is 6.04 Å². The van der Waals surface area contributed by atoms with Gasteiger partial charge >= 0.3 is 11.9 Å². The van der Waals surface area contributed by atoms with Gasteiger partial charge in [-0.3, -0.25) is 14.9 Å². The second-order valence-corrected chi connectivity index (χ2v) is 7.23. The van der Waals surface area contributed by atoms with Gasteiger partial charge in [-0.15, -0.1) is 0 Å². The van der Waals surface area contributed by atoms with Gasteiger partial charge in [0, 0.05) is 12.0 Å². The van der Waals surface area contributed by atoms with Crippen molar-refractivity contribution in [3.05, 3.63) is 35.9 Å². The van der Waals surface area contributed by atoms with Crippen molar-refractivity contribution in [3.8, 4) is 0 Å².